The third-order valence-corrected chi connectivity index (χ3v) is 6.17. The Balaban J connectivity index is 1.93. The Morgan fingerprint density at radius 2 is 1.75 bits per heavy atom. The number of halogens is 1. The van der Waals surface area contributed by atoms with Crippen molar-refractivity contribution in [3.63, 3.8) is 0 Å². The first-order valence-electron chi connectivity index (χ1n) is 10.4. The van der Waals surface area contributed by atoms with Crippen molar-refractivity contribution in [3.05, 3.63) is 97.0 Å². The van der Waals surface area contributed by atoms with Crippen molar-refractivity contribution in [2.24, 2.45) is 0 Å². The molecule has 0 N–H and O–H groups in total. The van der Waals surface area contributed by atoms with Crippen molar-refractivity contribution in [2.75, 3.05) is 6.26 Å². The number of rotatable bonds is 9. The Kier molecular flexibility index (Phi) is 7.59. The molecule has 2 aromatic carbocycles. The van der Waals surface area contributed by atoms with Crippen LogP contribution in [0.3, 0.4) is 0 Å². The summed E-state index contributed by atoms with van der Waals surface area (Å²) in [6.07, 6.45) is 12.8. The van der Waals surface area contributed by atoms with Crippen molar-refractivity contribution in [1.82, 2.24) is 9.78 Å². The number of nitrogens with zero attached hydrogens (tertiary/aromatic N) is 2. The zero-order chi connectivity index (χ0) is 23.1. The van der Waals surface area contributed by atoms with Gasteiger partial charge in [-0.25, -0.2) is 12.8 Å². The molecule has 6 heteroatoms. The summed E-state index contributed by atoms with van der Waals surface area (Å²) in [5.41, 5.74) is 4.45. The fourth-order valence-electron chi connectivity index (χ4n) is 3.48. The molecule has 4 nitrogen and oxygen atoms in total. The predicted octanol–water partition coefficient (Wildman–Crippen LogP) is 6.23. The van der Waals surface area contributed by atoms with E-state index in [0.717, 1.165) is 35.2 Å². The van der Waals surface area contributed by atoms with E-state index in [1.165, 1.54) is 24.0 Å². The molecule has 0 saturated heterocycles. The minimum Gasteiger partial charge on any atom is -0.271 e. The number of aryl methyl sites for hydroxylation is 1. The van der Waals surface area contributed by atoms with Gasteiger partial charge in [-0.05, 0) is 55.2 Å². The lowest BCUT2D eigenvalue weighted by molar-refractivity contribution is 0.581. The molecule has 0 saturated carbocycles. The average Bonchev–Trinajstić information content (AvgIpc) is 3.18. The van der Waals surface area contributed by atoms with Crippen LogP contribution < -0.4 is 0 Å². The summed E-state index contributed by atoms with van der Waals surface area (Å²) < 4.78 is 38.9. The molecule has 32 heavy (non-hydrogen) atoms. The maximum Gasteiger partial charge on any atom is 0.175 e. The summed E-state index contributed by atoms with van der Waals surface area (Å²) in [5.74, 6) is -0.300. The van der Waals surface area contributed by atoms with Gasteiger partial charge in [-0.2, -0.15) is 5.10 Å². The second-order valence-electron chi connectivity index (χ2n) is 7.54. The molecule has 0 amide bonds. The highest BCUT2D eigenvalue weighted by Crippen LogP contribution is 2.32. The van der Waals surface area contributed by atoms with Crippen LogP contribution in [0.15, 0.2) is 96.1 Å². The molecule has 0 spiro atoms. The van der Waals surface area contributed by atoms with Gasteiger partial charge in [-0.15, -0.1) is 0 Å². The van der Waals surface area contributed by atoms with Crippen LogP contribution in [0.4, 0.5) is 4.39 Å². The van der Waals surface area contributed by atoms with E-state index >= 15 is 0 Å². The standard InChI is InChI=1S/C26H27FN2O2S/c1-4-7-20(8-5-2)9-6-18-29-19-25(21-10-14-23(27)15-11-21)26(28-29)22-12-16-24(17-13-22)32(3,30)31/h4-5,7-8,10-17,19H,1,6,9,18H2,2-3H3/b8-5-,20-7+. The summed E-state index contributed by atoms with van der Waals surface area (Å²) in [7, 11) is -3.28. The number of hydrogen-bond acceptors (Lipinski definition) is 3. The third-order valence-electron chi connectivity index (χ3n) is 5.04. The molecular formula is C26H27FN2O2S. The van der Waals surface area contributed by atoms with Crippen LogP contribution >= 0.6 is 0 Å². The number of allylic oxidation sites excluding steroid dienone is 5. The maximum atomic E-state index is 13.5. The summed E-state index contributed by atoms with van der Waals surface area (Å²) in [4.78, 5) is 0.259. The number of sulfone groups is 1. The summed E-state index contributed by atoms with van der Waals surface area (Å²) in [6.45, 7) is 6.46. The van der Waals surface area contributed by atoms with E-state index < -0.39 is 9.84 Å². The van der Waals surface area contributed by atoms with Gasteiger partial charge in [0.05, 0.1) is 4.90 Å². The van der Waals surface area contributed by atoms with E-state index in [2.05, 4.69) is 12.7 Å². The van der Waals surface area contributed by atoms with E-state index in [-0.39, 0.29) is 10.7 Å². The van der Waals surface area contributed by atoms with E-state index in [9.17, 15) is 12.8 Å². The lowest BCUT2D eigenvalue weighted by Crippen LogP contribution is -1.99. The van der Waals surface area contributed by atoms with Crippen LogP contribution in [-0.2, 0) is 16.4 Å². The summed E-state index contributed by atoms with van der Waals surface area (Å²) >= 11 is 0. The molecule has 166 valence electrons. The monoisotopic (exact) mass is 450 g/mol. The molecule has 0 radical (unpaired) electrons. The lowest BCUT2D eigenvalue weighted by atomic mass is 10.0. The molecular weight excluding hydrogens is 423 g/mol. The van der Waals surface area contributed by atoms with Crippen LogP contribution in [0.2, 0.25) is 0 Å². The van der Waals surface area contributed by atoms with Crippen molar-refractivity contribution in [2.45, 2.75) is 31.2 Å². The van der Waals surface area contributed by atoms with Gasteiger partial charge in [-0.1, -0.05) is 55.1 Å². The smallest absolute Gasteiger partial charge is 0.175 e. The molecule has 1 aromatic heterocycles. The van der Waals surface area contributed by atoms with Crippen molar-refractivity contribution in [3.8, 4) is 22.4 Å². The fourth-order valence-corrected chi connectivity index (χ4v) is 4.11. The molecule has 0 aliphatic rings. The SMILES string of the molecule is C=C/C=C(\C=C/C)CCCn1cc(-c2ccc(F)cc2)c(-c2ccc(S(C)(=O)=O)cc2)n1. The first kappa shape index (κ1) is 23.4. The van der Waals surface area contributed by atoms with Crippen molar-refractivity contribution < 1.29 is 12.8 Å². The van der Waals surface area contributed by atoms with Gasteiger partial charge in [-0.3, -0.25) is 4.68 Å². The topological polar surface area (TPSA) is 52.0 Å². The highest BCUT2D eigenvalue weighted by Gasteiger charge is 2.15. The largest absolute Gasteiger partial charge is 0.271 e. The molecule has 0 atom stereocenters. The molecule has 0 unspecified atom stereocenters. The van der Waals surface area contributed by atoms with Gasteiger partial charge in [0.1, 0.15) is 11.5 Å². The second kappa shape index (κ2) is 10.4. The normalized spacial score (nSPS) is 12.4. The zero-order valence-corrected chi connectivity index (χ0v) is 19.1. The Bertz CT molecular complexity index is 1240. The van der Waals surface area contributed by atoms with Gasteiger partial charge >= 0.3 is 0 Å². The van der Waals surface area contributed by atoms with Crippen molar-refractivity contribution >= 4 is 9.84 Å². The molecule has 0 aliphatic carbocycles. The molecule has 0 fully saturated rings. The van der Waals surface area contributed by atoms with Gasteiger partial charge in [0, 0.05) is 30.1 Å². The van der Waals surface area contributed by atoms with Gasteiger partial charge in [0.15, 0.2) is 9.84 Å². The fraction of sp³-hybridized carbons (Fsp3) is 0.192. The van der Waals surface area contributed by atoms with Gasteiger partial charge in [0.2, 0.25) is 0 Å². The van der Waals surface area contributed by atoms with Crippen LogP contribution in [0.1, 0.15) is 19.8 Å². The highest BCUT2D eigenvalue weighted by atomic mass is 32.2. The highest BCUT2D eigenvalue weighted by molar-refractivity contribution is 7.90. The van der Waals surface area contributed by atoms with Crippen LogP contribution in [0, 0.1) is 5.82 Å². The predicted molar refractivity (Wildman–Crippen MR) is 128 cm³/mol. The number of hydrogen-bond donors (Lipinski definition) is 0. The molecule has 3 aromatic rings. The number of aromatic nitrogens is 2. The molecule has 0 aliphatic heterocycles. The maximum absolute atomic E-state index is 13.5. The van der Waals surface area contributed by atoms with E-state index in [0.29, 0.717) is 6.54 Å². The Morgan fingerprint density at radius 1 is 1.09 bits per heavy atom. The van der Waals surface area contributed by atoms with E-state index in [1.54, 1.807) is 42.5 Å². The van der Waals surface area contributed by atoms with Crippen molar-refractivity contribution in [1.29, 1.82) is 0 Å². The van der Waals surface area contributed by atoms with Crippen LogP contribution in [0.5, 0.6) is 0 Å². The zero-order valence-electron chi connectivity index (χ0n) is 18.3. The summed E-state index contributed by atoms with van der Waals surface area (Å²) in [5, 5.41) is 4.78. The Morgan fingerprint density at radius 3 is 2.34 bits per heavy atom. The first-order valence-corrected chi connectivity index (χ1v) is 12.3. The number of benzene rings is 2. The third kappa shape index (κ3) is 5.92. The van der Waals surface area contributed by atoms with Crippen LogP contribution in [-0.4, -0.2) is 24.5 Å². The van der Waals surface area contributed by atoms with E-state index in [1.807, 2.05) is 30.0 Å². The van der Waals surface area contributed by atoms with Gasteiger partial charge in [0.25, 0.3) is 0 Å². The second-order valence-corrected chi connectivity index (χ2v) is 9.55. The van der Waals surface area contributed by atoms with Crippen LogP contribution in [0.25, 0.3) is 22.4 Å². The molecule has 1 heterocycles. The molecule has 0 bridgehead atoms. The van der Waals surface area contributed by atoms with Gasteiger partial charge < -0.3 is 0 Å². The summed E-state index contributed by atoms with van der Waals surface area (Å²) in [6, 6.07) is 13.0. The average molecular weight is 451 g/mol. The minimum atomic E-state index is -3.28. The molecule has 3 rings (SSSR count). The Labute approximate surface area is 189 Å². The minimum absolute atomic E-state index is 0.259. The first-order chi connectivity index (χ1) is 15.3. The Hall–Kier alpha value is -3.25. The van der Waals surface area contributed by atoms with E-state index in [4.69, 9.17) is 5.10 Å². The quantitative estimate of drug-likeness (QED) is 0.363. The lowest BCUT2D eigenvalue weighted by Gasteiger charge is -2.04.